The second kappa shape index (κ2) is 3.92. The third kappa shape index (κ3) is 3.92. The van der Waals surface area contributed by atoms with E-state index < -0.39 is 0 Å². The molecule has 0 atom stereocenters. The SMILES string of the molecule is CO[CH]C[O]. The molecule has 0 N–H and O–H groups in total. The minimum absolute atomic E-state index is 0.253. The summed E-state index contributed by atoms with van der Waals surface area (Å²) in [6.45, 7) is 0.941. The lowest BCUT2D eigenvalue weighted by molar-refractivity contribution is 0.144. The smallest absolute Gasteiger partial charge is 0.112 e. The van der Waals surface area contributed by atoms with Gasteiger partial charge in [0.1, 0.15) is 13.2 Å². The van der Waals surface area contributed by atoms with Crippen molar-refractivity contribution in [2.75, 3.05) is 13.7 Å². The Morgan fingerprint density at radius 1 is 2.00 bits per heavy atom. The fraction of sp³-hybridized carbons (Fsp3) is 0.667. The molecule has 0 amide bonds. The van der Waals surface area contributed by atoms with E-state index >= 15 is 0 Å². The van der Waals surface area contributed by atoms with Gasteiger partial charge in [0, 0.05) is 7.11 Å². The van der Waals surface area contributed by atoms with Crippen molar-refractivity contribution in [1.82, 2.24) is 0 Å². The van der Waals surface area contributed by atoms with Gasteiger partial charge < -0.3 is 4.74 Å². The van der Waals surface area contributed by atoms with Crippen LogP contribution in [-0.2, 0) is 9.84 Å². The van der Waals surface area contributed by atoms with E-state index in [2.05, 4.69) is 4.74 Å². The van der Waals surface area contributed by atoms with Crippen molar-refractivity contribution >= 4 is 0 Å². The molecule has 0 fully saturated rings. The average molecular weight is 74.1 g/mol. The maximum atomic E-state index is 9.35. The summed E-state index contributed by atoms with van der Waals surface area (Å²) in [6.07, 6.45) is 0. The Balaban J connectivity index is 2.19. The molecule has 0 unspecified atom stereocenters. The molecule has 0 spiro atoms. The summed E-state index contributed by atoms with van der Waals surface area (Å²) in [5, 5.41) is 9.35. The molecule has 0 bridgehead atoms. The summed E-state index contributed by atoms with van der Waals surface area (Å²) >= 11 is 0. The van der Waals surface area contributed by atoms with Crippen molar-refractivity contribution in [2.45, 2.75) is 0 Å². The predicted molar refractivity (Wildman–Crippen MR) is 16.9 cm³/mol. The molecule has 0 rings (SSSR count). The summed E-state index contributed by atoms with van der Waals surface area (Å²) in [5.74, 6) is 0. The number of rotatable bonds is 2. The van der Waals surface area contributed by atoms with Crippen LogP contribution in [0.4, 0.5) is 0 Å². The van der Waals surface area contributed by atoms with Gasteiger partial charge in [0.05, 0.1) is 0 Å². The number of hydrogen-bond acceptors (Lipinski definition) is 1. The Morgan fingerprint density at radius 3 is 2.60 bits per heavy atom. The summed E-state index contributed by atoms with van der Waals surface area (Å²) in [7, 11) is 1.46. The third-order valence-electron chi connectivity index (χ3n) is 0.235. The van der Waals surface area contributed by atoms with E-state index in [1.54, 1.807) is 0 Å². The van der Waals surface area contributed by atoms with Crippen LogP contribution in [0.1, 0.15) is 0 Å². The lowest BCUT2D eigenvalue weighted by Gasteiger charge is -1.80. The first-order valence-electron chi connectivity index (χ1n) is 1.34. The minimum atomic E-state index is -0.253. The molecule has 0 aliphatic heterocycles. The largest absolute Gasteiger partial charge is 0.376 e. The molecule has 0 heterocycles. The maximum absolute atomic E-state index is 9.35. The zero-order chi connectivity index (χ0) is 4.12. The Labute approximate surface area is 31.4 Å². The first-order valence-corrected chi connectivity index (χ1v) is 1.34. The molecule has 5 heavy (non-hydrogen) atoms. The summed E-state index contributed by atoms with van der Waals surface area (Å²) in [6, 6.07) is 0. The Morgan fingerprint density at radius 2 is 2.60 bits per heavy atom. The van der Waals surface area contributed by atoms with E-state index in [1.807, 2.05) is 0 Å². The standard InChI is InChI=1S/C3H6O2/c1-5-3-2-4/h3H,2H2,1H3. The van der Waals surface area contributed by atoms with Gasteiger partial charge in [0.15, 0.2) is 0 Å². The second-order valence-electron chi connectivity index (χ2n) is 0.569. The first kappa shape index (κ1) is 4.92. The molecule has 2 heteroatoms. The zero-order valence-corrected chi connectivity index (χ0v) is 3.10. The summed E-state index contributed by atoms with van der Waals surface area (Å²) < 4.78 is 4.25. The minimum Gasteiger partial charge on any atom is -0.376 e. The quantitative estimate of drug-likeness (QED) is 0.460. The first-order chi connectivity index (χ1) is 2.41. The molecule has 0 aliphatic rings. The van der Waals surface area contributed by atoms with Crippen molar-refractivity contribution in [2.24, 2.45) is 0 Å². The van der Waals surface area contributed by atoms with Gasteiger partial charge in [0.2, 0.25) is 0 Å². The highest BCUT2D eigenvalue weighted by molar-refractivity contribution is 4.37. The second-order valence-corrected chi connectivity index (χ2v) is 0.569. The molecule has 0 saturated carbocycles. The van der Waals surface area contributed by atoms with E-state index in [-0.39, 0.29) is 6.61 Å². The molecule has 0 aromatic carbocycles. The van der Waals surface area contributed by atoms with Gasteiger partial charge in [-0.25, -0.2) is 5.11 Å². The predicted octanol–water partition coefficient (Wildman–Crippen LogP) is 0.225. The lowest BCUT2D eigenvalue weighted by Crippen LogP contribution is -1.81. The molecular formula is C3H6O2. The summed E-state index contributed by atoms with van der Waals surface area (Å²) in [5.41, 5.74) is 0. The molecule has 0 saturated heterocycles. The molecule has 2 nitrogen and oxygen atoms in total. The van der Waals surface area contributed by atoms with Crippen molar-refractivity contribution in [1.29, 1.82) is 0 Å². The van der Waals surface area contributed by atoms with Crippen LogP contribution in [0.5, 0.6) is 0 Å². The molecule has 0 aromatic rings. The highest BCUT2D eigenvalue weighted by Gasteiger charge is 1.71. The van der Waals surface area contributed by atoms with Gasteiger partial charge in [-0.15, -0.1) is 0 Å². The van der Waals surface area contributed by atoms with Gasteiger partial charge >= 0.3 is 0 Å². The van der Waals surface area contributed by atoms with Crippen LogP contribution in [0.15, 0.2) is 0 Å². The Kier molecular flexibility index (Phi) is 3.86. The number of methoxy groups -OCH3 is 1. The lowest BCUT2D eigenvalue weighted by atomic mass is 10.8. The fourth-order valence-corrected chi connectivity index (χ4v) is 0.0680. The van der Waals surface area contributed by atoms with Crippen LogP contribution in [-0.4, -0.2) is 13.7 Å². The van der Waals surface area contributed by atoms with Gasteiger partial charge in [-0.2, -0.15) is 0 Å². The number of ether oxygens (including phenoxy) is 1. The highest BCUT2D eigenvalue weighted by Crippen LogP contribution is 1.67. The van der Waals surface area contributed by atoms with Crippen LogP contribution < -0.4 is 0 Å². The van der Waals surface area contributed by atoms with E-state index in [1.165, 1.54) is 13.7 Å². The van der Waals surface area contributed by atoms with Gasteiger partial charge in [-0.3, -0.25) is 0 Å². The topological polar surface area (TPSA) is 29.1 Å². The van der Waals surface area contributed by atoms with Crippen LogP contribution in [0, 0.1) is 6.61 Å². The van der Waals surface area contributed by atoms with E-state index in [0.717, 1.165) is 0 Å². The van der Waals surface area contributed by atoms with Gasteiger partial charge in [-0.05, 0) is 0 Å². The fourth-order valence-electron chi connectivity index (χ4n) is 0.0680. The normalized spacial score (nSPS) is 8.40. The van der Waals surface area contributed by atoms with Crippen LogP contribution in [0.3, 0.4) is 0 Å². The van der Waals surface area contributed by atoms with E-state index in [4.69, 9.17) is 0 Å². The van der Waals surface area contributed by atoms with Crippen molar-refractivity contribution in [3.63, 3.8) is 0 Å². The molecular weight excluding hydrogens is 68.0 g/mol. The van der Waals surface area contributed by atoms with Gasteiger partial charge in [-0.1, -0.05) is 0 Å². The van der Waals surface area contributed by atoms with Gasteiger partial charge in [0.25, 0.3) is 0 Å². The van der Waals surface area contributed by atoms with Crippen LogP contribution in [0.25, 0.3) is 0 Å². The number of hydrogen-bond donors (Lipinski definition) is 0. The Hall–Kier alpha value is -0.0800. The van der Waals surface area contributed by atoms with Crippen molar-refractivity contribution in [3.8, 4) is 0 Å². The third-order valence-corrected chi connectivity index (χ3v) is 0.235. The van der Waals surface area contributed by atoms with Crippen LogP contribution in [0.2, 0.25) is 0 Å². The molecule has 0 aliphatic carbocycles. The van der Waals surface area contributed by atoms with E-state index in [9.17, 15) is 5.11 Å². The molecule has 30 valence electrons. The monoisotopic (exact) mass is 74.0 g/mol. The van der Waals surface area contributed by atoms with Crippen molar-refractivity contribution in [3.05, 3.63) is 6.61 Å². The Bertz CT molecular complexity index is 12.4. The molecule has 2 radical (unpaired) electrons. The average Bonchev–Trinajstić information content (AvgIpc) is 1.41. The summed E-state index contributed by atoms with van der Waals surface area (Å²) in [4.78, 5) is 0. The van der Waals surface area contributed by atoms with Crippen molar-refractivity contribution < 1.29 is 9.84 Å². The molecule has 0 aromatic heterocycles. The highest BCUT2D eigenvalue weighted by atomic mass is 16.5. The van der Waals surface area contributed by atoms with E-state index in [0.29, 0.717) is 0 Å². The zero-order valence-electron chi connectivity index (χ0n) is 3.10. The maximum Gasteiger partial charge on any atom is 0.112 e. The van der Waals surface area contributed by atoms with Crippen LogP contribution >= 0.6 is 0 Å².